The number of rotatable bonds is 7. The monoisotopic (exact) mass is 333 g/mol. The van der Waals surface area contributed by atoms with Gasteiger partial charge < -0.3 is 9.47 Å². The van der Waals surface area contributed by atoms with E-state index < -0.39 is 13.9 Å². The molecule has 1 aromatic rings. The van der Waals surface area contributed by atoms with Crippen molar-refractivity contribution < 1.29 is 9.47 Å². The molecule has 0 amide bonds. The average Bonchev–Trinajstić information content (AvgIpc) is 2.72. The van der Waals surface area contributed by atoms with Crippen LogP contribution in [0.4, 0.5) is 0 Å². The first-order valence-corrected chi connectivity index (χ1v) is 12.1. The summed E-state index contributed by atoms with van der Waals surface area (Å²) in [6, 6.07) is 10.7. The lowest BCUT2D eigenvalue weighted by molar-refractivity contribution is -0.144. The molecular formula is C19H31NO2Si. The second-order valence-corrected chi connectivity index (χ2v) is 13.5. The van der Waals surface area contributed by atoms with E-state index in [4.69, 9.17) is 9.47 Å². The van der Waals surface area contributed by atoms with Crippen LogP contribution in [0.5, 0.6) is 0 Å². The third kappa shape index (κ3) is 5.88. The van der Waals surface area contributed by atoms with Crippen LogP contribution in [0, 0.1) is 0 Å². The summed E-state index contributed by atoms with van der Waals surface area (Å²) >= 11 is 0. The van der Waals surface area contributed by atoms with Crippen LogP contribution in [-0.2, 0) is 16.0 Å². The van der Waals surface area contributed by atoms with Crippen LogP contribution >= 0.6 is 0 Å². The Morgan fingerprint density at radius 2 is 1.83 bits per heavy atom. The largest absolute Gasteiger partial charge is 0.343 e. The molecule has 1 aliphatic heterocycles. The molecule has 128 valence electrons. The molecule has 1 aromatic carbocycles. The molecule has 0 saturated carbocycles. The molecule has 1 aliphatic rings. The van der Waals surface area contributed by atoms with Crippen molar-refractivity contribution in [2.45, 2.75) is 58.0 Å². The second-order valence-electron chi connectivity index (χ2n) is 8.09. The van der Waals surface area contributed by atoms with Gasteiger partial charge in [-0.05, 0) is 25.6 Å². The zero-order chi connectivity index (χ0) is 17.1. The van der Waals surface area contributed by atoms with E-state index in [-0.39, 0.29) is 12.2 Å². The number of nitrogens with zero attached hydrogens (tertiary/aromatic N) is 1. The molecular weight excluding hydrogens is 302 g/mol. The Morgan fingerprint density at radius 1 is 1.17 bits per heavy atom. The molecule has 1 fully saturated rings. The molecule has 0 unspecified atom stereocenters. The van der Waals surface area contributed by atoms with Gasteiger partial charge in [0.05, 0.1) is 8.07 Å². The fraction of sp³-hybridized carbons (Fsp3) is 0.579. The molecule has 0 bridgehead atoms. The van der Waals surface area contributed by atoms with Crippen molar-refractivity contribution in [2.75, 3.05) is 12.7 Å². The van der Waals surface area contributed by atoms with Crippen LogP contribution in [0.15, 0.2) is 43.0 Å². The van der Waals surface area contributed by atoms with E-state index in [1.165, 1.54) is 5.56 Å². The van der Waals surface area contributed by atoms with Crippen LogP contribution in [0.3, 0.4) is 0 Å². The Morgan fingerprint density at radius 3 is 2.39 bits per heavy atom. The lowest BCUT2D eigenvalue weighted by Crippen LogP contribution is -2.45. The first-order chi connectivity index (χ1) is 10.7. The van der Waals surface area contributed by atoms with Gasteiger partial charge in [0.2, 0.25) is 0 Å². The third-order valence-electron chi connectivity index (χ3n) is 3.84. The maximum Gasteiger partial charge on any atom is 0.164 e. The zero-order valence-electron chi connectivity index (χ0n) is 15.2. The Hall–Kier alpha value is -0.943. The standard InChI is InChI=1S/C19H31NO2Si/c1-7-17-18(22-19(2,3)21-17)14-20(15-23(4,5)6)13-16-11-9-8-10-12-16/h7-12,17-18H,1,13-15H2,2-6H3/t17-,18-/m1/s1. The Balaban J connectivity index is 2.09. The number of benzene rings is 1. The Bertz CT molecular complexity index is 510. The normalized spacial score (nSPS) is 24.1. The number of hydrogen-bond acceptors (Lipinski definition) is 3. The molecule has 1 heterocycles. The summed E-state index contributed by atoms with van der Waals surface area (Å²) in [6.45, 7) is 16.9. The van der Waals surface area contributed by atoms with Gasteiger partial charge in [0.1, 0.15) is 12.2 Å². The summed E-state index contributed by atoms with van der Waals surface area (Å²) < 4.78 is 12.1. The molecule has 1 saturated heterocycles. The van der Waals surface area contributed by atoms with E-state index in [1.807, 2.05) is 19.9 Å². The van der Waals surface area contributed by atoms with Gasteiger partial charge in [-0.3, -0.25) is 4.90 Å². The zero-order valence-corrected chi connectivity index (χ0v) is 16.2. The molecule has 2 rings (SSSR count). The summed E-state index contributed by atoms with van der Waals surface area (Å²) in [5.41, 5.74) is 1.35. The second kappa shape index (κ2) is 7.30. The van der Waals surface area contributed by atoms with Crippen molar-refractivity contribution in [3.63, 3.8) is 0 Å². The van der Waals surface area contributed by atoms with Gasteiger partial charge in [0.15, 0.2) is 5.79 Å². The van der Waals surface area contributed by atoms with E-state index >= 15 is 0 Å². The van der Waals surface area contributed by atoms with Gasteiger partial charge in [0.25, 0.3) is 0 Å². The lowest BCUT2D eigenvalue weighted by atomic mass is 10.1. The van der Waals surface area contributed by atoms with Gasteiger partial charge in [-0.2, -0.15) is 0 Å². The van der Waals surface area contributed by atoms with Crippen molar-refractivity contribution >= 4 is 8.07 Å². The van der Waals surface area contributed by atoms with E-state index in [2.05, 4.69) is 61.5 Å². The number of ether oxygens (including phenoxy) is 2. The molecule has 0 radical (unpaired) electrons. The van der Waals surface area contributed by atoms with Crippen molar-refractivity contribution in [2.24, 2.45) is 0 Å². The first-order valence-electron chi connectivity index (χ1n) is 8.43. The molecule has 0 N–H and O–H groups in total. The first kappa shape index (κ1) is 18.4. The van der Waals surface area contributed by atoms with Gasteiger partial charge in [-0.25, -0.2) is 0 Å². The Kier molecular flexibility index (Phi) is 5.84. The maximum atomic E-state index is 6.12. The van der Waals surface area contributed by atoms with E-state index in [1.54, 1.807) is 0 Å². The highest BCUT2D eigenvalue weighted by atomic mass is 28.3. The summed E-state index contributed by atoms with van der Waals surface area (Å²) in [5, 5.41) is 0. The maximum absolute atomic E-state index is 6.12. The highest BCUT2D eigenvalue weighted by molar-refractivity contribution is 6.76. The molecule has 2 atom stereocenters. The predicted octanol–water partition coefficient (Wildman–Crippen LogP) is 4.07. The predicted molar refractivity (Wildman–Crippen MR) is 99.1 cm³/mol. The van der Waals surface area contributed by atoms with Crippen molar-refractivity contribution in [3.05, 3.63) is 48.6 Å². The van der Waals surface area contributed by atoms with Gasteiger partial charge >= 0.3 is 0 Å². The minimum Gasteiger partial charge on any atom is -0.343 e. The molecule has 23 heavy (non-hydrogen) atoms. The fourth-order valence-corrected chi connectivity index (χ4v) is 4.74. The van der Waals surface area contributed by atoms with E-state index in [0.29, 0.717) is 0 Å². The van der Waals surface area contributed by atoms with E-state index in [9.17, 15) is 0 Å². The highest BCUT2D eigenvalue weighted by Crippen LogP contribution is 2.29. The summed E-state index contributed by atoms with van der Waals surface area (Å²) in [7, 11) is -1.21. The smallest absolute Gasteiger partial charge is 0.164 e. The number of hydrogen-bond donors (Lipinski definition) is 0. The molecule has 0 aromatic heterocycles. The topological polar surface area (TPSA) is 21.7 Å². The summed E-state index contributed by atoms with van der Waals surface area (Å²) in [5.74, 6) is -0.527. The van der Waals surface area contributed by atoms with Gasteiger partial charge in [-0.15, -0.1) is 6.58 Å². The van der Waals surface area contributed by atoms with Crippen molar-refractivity contribution in [1.82, 2.24) is 4.90 Å². The molecule has 3 nitrogen and oxygen atoms in total. The quantitative estimate of drug-likeness (QED) is 0.554. The minimum atomic E-state index is -1.21. The fourth-order valence-electron chi connectivity index (χ4n) is 3.16. The molecule has 4 heteroatoms. The summed E-state index contributed by atoms with van der Waals surface area (Å²) in [4.78, 5) is 2.52. The van der Waals surface area contributed by atoms with Crippen LogP contribution in [0.1, 0.15) is 19.4 Å². The van der Waals surface area contributed by atoms with Crippen molar-refractivity contribution in [3.8, 4) is 0 Å². The summed E-state index contributed by atoms with van der Waals surface area (Å²) in [6.07, 6.45) is 3.02. The SMILES string of the molecule is C=C[C@H]1OC(C)(C)O[C@@H]1CN(Cc1ccccc1)C[Si](C)(C)C. The Labute approximate surface area is 142 Å². The van der Waals surface area contributed by atoms with Gasteiger partial charge in [-0.1, -0.05) is 56.0 Å². The van der Waals surface area contributed by atoms with Crippen LogP contribution < -0.4 is 0 Å². The lowest BCUT2D eigenvalue weighted by Gasteiger charge is -2.31. The molecule has 0 aliphatic carbocycles. The minimum absolute atomic E-state index is 0.0371. The average molecular weight is 334 g/mol. The third-order valence-corrected chi connectivity index (χ3v) is 5.23. The van der Waals surface area contributed by atoms with E-state index in [0.717, 1.165) is 19.3 Å². The highest BCUT2D eigenvalue weighted by Gasteiger charge is 2.40. The van der Waals surface area contributed by atoms with Gasteiger partial charge in [0, 0.05) is 13.1 Å². The van der Waals surface area contributed by atoms with Crippen LogP contribution in [0.25, 0.3) is 0 Å². The van der Waals surface area contributed by atoms with Crippen LogP contribution in [-0.4, -0.2) is 43.7 Å². The van der Waals surface area contributed by atoms with Crippen molar-refractivity contribution in [1.29, 1.82) is 0 Å². The van der Waals surface area contributed by atoms with Crippen LogP contribution in [0.2, 0.25) is 19.6 Å². The molecule has 0 spiro atoms.